The summed E-state index contributed by atoms with van der Waals surface area (Å²) in [4.78, 5) is 0. The zero-order chi connectivity index (χ0) is 8.10. The monoisotopic (exact) mass is 157 g/mol. The molecule has 0 spiro atoms. The molecule has 0 heterocycles. The van der Waals surface area contributed by atoms with Crippen molar-refractivity contribution in [2.24, 2.45) is 11.8 Å². The van der Waals surface area contributed by atoms with E-state index in [9.17, 15) is 0 Å². The first-order chi connectivity index (χ1) is 5.36. The van der Waals surface area contributed by atoms with Crippen LogP contribution >= 0.6 is 0 Å². The summed E-state index contributed by atoms with van der Waals surface area (Å²) in [6.45, 7) is 3.06. The molecular weight excluding hydrogens is 138 g/mol. The van der Waals surface area contributed by atoms with Crippen LogP contribution in [-0.2, 0) is 0 Å². The van der Waals surface area contributed by atoms with Crippen LogP contribution in [-0.4, -0.2) is 11.8 Å². The maximum Gasteiger partial charge on any atom is 0.0235 e. The van der Waals surface area contributed by atoms with Crippen molar-refractivity contribution in [3.63, 3.8) is 0 Å². The van der Waals surface area contributed by atoms with Crippen LogP contribution in [0.2, 0.25) is 0 Å². The molecule has 2 heteroatoms. The summed E-state index contributed by atoms with van der Waals surface area (Å²) in [5.41, 5.74) is 2.27. The lowest BCUT2D eigenvalue weighted by Gasteiger charge is -2.27. The first-order valence-electron chi connectivity index (χ1n) is 4.73. The van der Waals surface area contributed by atoms with Crippen LogP contribution in [0.25, 0.3) is 0 Å². The summed E-state index contributed by atoms with van der Waals surface area (Å²) in [5, 5.41) is 8.49. The van der Waals surface area contributed by atoms with Gasteiger partial charge in [0.25, 0.3) is 0 Å². The summed E-state index contributed by atoms with van der Waals surface area (Å²) < 4.78 is 0. The lowest BCUT2D eigenvalue weighted by molar-refractivity contribution is 0.130. The second-order valence-corrected chi connectivity index (χ2v) is 3.66. The highest BCUT2D eigenvalue weighted by Gasteiger charge is 2.18. The zero-order valence-electron chi connectivity index (χ0n) is 7.34. The Bertz CT molecular complexity index is 97.7. The number of nitrogens with one attached hydrogen (secondary N) is 1. The Balaban J connectivity index is 2.14. The SMILES string of the molecule is CCC1CCC(CNO)CC1. The second-order valence-electron chi connectivity index (χ2n) is 3.66. The topological polar surface area (TPSA) is 32.3 Å². The third-order valence-corrected chi connectivity index (χ3v) is 2.92. The smallest absolute Gasteiger partial charge is 0.0235 e. The van der Waals surface area contributed by atoms with Crippen molar-refractivity contribution < 1.29 is 5.21 Å². The molecule has 0 bridgehead atoms. The Morgan fingerprint density at radius 2 is 1.73 bits per heavy atom. The lowest BCUT2D eigenvalue weighted by Crippen LogP contribution is -2.24. The fraction of sp³-hybridized carbons (Fsp3) is 1.00. The van der Waals surface area contributed by atoms with Crippen LogP contribution < -0.4 is 5.48 Å². The molecule has 1 rings (SSSR count). The molecule has 0 amide bonds. The van der Waals surface area contributed by atoms with Crippen LogP contribution in [0.3, 0.4) is 0 Å². The van der Waals surface area contributed by atoms with Gasteiger partial charge >= 0.3 is 0 Å². The second kappa shape index (κ2) is 4.73. The highest BCUT2D eigenvalue weighted by atomic mass is 16.5. The summed E-state index contributed by atoms with van der Waals surface area (Å²) >= 11 is 0. The van der Waals surface area contributed by atoms with E-state index in [0.717, 1.165) is 18.4 Å². The van der Waals surface area contributed by atoms with E-state index in [1.165, 1.54) is 32.1 Å². The van der Waals surface area contributed by atoms with Crippen LogP contribution in [0.4, 0.5) is 0 Å². The van der Waals surface area contributed by atoms with Crippen LogP contribution in [0, 0.1) is 11.8 Å². The van der Waals surface area contributed by atoms with Gasteiger partial charge in [-0.1, -0.05) is 26.2 Å². The van der Waals surface area contributed by atoms with Crippen molar-refractivity contribution in [2.75, 3.05) is 6.54 Å². The van der Waals surface area contributed by atoms with E-state index in [4.69, 9.17) is 5.21 Å². The minimum atomic E-state index is 0.725. The Hall–Kier alpha value is -0.0800. The van der Waals surface area contributed by atoms with Gasteiger partial charge in [-0.05, 0) is 24.7 Å². The molecule has 2 N–H and O–H groups in total. The summed E-state index contributed by atoms with van der Waals surface area (Å²) in [5.74, 6) is 1.69. The highest BCUT2D eigenvalue weighted by Crippen LogP contribution is 2.29. The fourth-order valence-electron chi connectivity index (χ4n) is 1.97. The molecule has 66 valence electrons. The lowest BCUT2D eigenvalue weighted by atomic mass is 9.81. The van der Waals surface area contributed by atoms with Gasteiger partial charge in [0, 0.05) is 6.54 Å². The van der Waals surface area contributed by atoms with E-state index in [1.54, 1.807) is 0 Å². The summed E-state index contributed by atoms with van der Waals surface area (Å²) in [6.07, 6.45) is 6.66. The number of hydroxylamine groups is 1. The van der Waals surface area contributed by atoms with Crippen molar-refractivity contribution in [1.82, 2.24) is 5.48 Å². The number of hydrogen-bond donors (Lipinski definition) is 2. The molecule has 1 aliphatic carbocycles. The molecule has 0 saturated heterocycles. The van der Waals surface area contributed by atoms with Gasteiger partial charge in [-0.2, -0.15) is 0 Å². The Morgan fingerprint density at radius 3 is 2.18 bits per heavy atom. The van der Waals surface area contributed by atoms with Crippen molar-refractivity contribution >= 4 is 0 Å². The molecule has 2 nitrogen and oxygen atoms in total. The largest absolute Gasteiger partial charge is 0.317 e. The number of hydrogen-bond acceptors (Lipinski definition) is 2. The molecule has 0 aromatic rings. The maximum absolute atomic E-state index is 8.49. The van der Waals surface area contributed by atoms with E-state index in [2.05, 4.69) is 12.4 Å². The third kappa shape index (κ3) is 2.80. The van der Waals surface area contributed by atoms with E-state index in [0.29, 0.717) is 0 Å². The number of rotatable bonds is 3. The standard InChI is InChI=1S/C9H19NO/c1-2-8-3-5-9(6-4-8)7-10-11/h8-11H,2-7H2,1H3. The van der Waals surface area contributed by atoms with Crippen molar-refractivity contribution in [3.05, 3.63) is 0 Å². The first kappa shape index (κ1) is 9.01. The average Bonchev–Trinajstić information content (AvgIpc) is 2.07. The van der Waals surface area contributed by atoms with Gasteiger partial charge < -0.3 is 5.21 Å². The highest BCUT2D eigenvalue weighted by molar-refractivity contribution is 4.71. The van der Waals surface area contributed by atoms with Gasteiger partial charge in [0.15, 0.2) is 0 Å². The molecule has 0 radical (unpaired) electrons. The minimum absolute atomic E-state index is 0.725. The van der Waals surface area contributed by atoms with Gasteiger partial charge in [0.2, 0.25) is 0 Å². The quantitative estimate of drug-likeness (QED) is 0.615. The predicted molar refractivity (Wildman–Crippen MR) is 45.5 cm³/mol. The van der Waals surface area contributed by atoms with E-state index in [-0.39, 0.29) is 0 Å². The maximum atomic E-state index is 8.49. The minimum Gasteiger partial charge on any atom is -0.317 e. The van der Waals surface area contributed by atoms with Gasteiger partial charge in [-0.25, -0.2) is 5.48 Å². The Morgan fingerprint density at radius 1 is 1.18 bits per heavy atom. The summed E-state index contributed by atoms with van der Waals surface area (Å²) in [7, 11) is 0. The van der Waals surface area contributed by atoms with Crippen molar-refractivity contribution in [1.29, 1.82) is 0 Å². The van der Waals surface area contributed by atoms with Gasteiger partial charge in [-0.3, -0.25) is 0 Å². The molecule has 0 atom stereocenters. The first-order valence-corrected chi connectivity index (χ1v) is 4.73. The van der Waals surface area contributed by atoms with Crippen LogP contribution in [0.5, 0.6) is 0 Å². The van der Waals surface area contributed by atoms with Crippen LogP contribution in [0.15, 0.2) is 0 Å². The van der Waals surface area contributed by atoms with E-state index >= 15 is 0 Å². The molecule has 0 unspecified atom stereocenters. The van der Waals surface area contributed by atoms with E-state index in [1.807, 2.05) is 0 Å². The van der Waals surface area contributed by atoms with Gasteiger partial charge in [0.1, 0.15) is 0 Å². The average molecular weight is 157 g/mol. The Kier molecular flexibility index (Phi) is 3.87. The summed E-state index contributed by atoms with van der Waals surface area (Å²) in [6, 6.07) is 0. The molecule has 1 saturated carbocycles. The molecule has 0 aromatic heterocycles. The van der Waals surface area contributed by atoms with Crippen LogP contribution in [0.1, 0.15) is 39.0 Å². The molecular formula is C9H19NO. The van der Waals surface area contributed by atoms with E-state index < -0.39 is 0 Å². The zero-order valence-corrected chi connectivity index (χ0v) is 7.34. The van der Waals surface area contributed by atoms with Crippen molar-refractivity contribution in [3.8, 4) is 0 Å². The molecule has 1 aliphatic rings. The molecule has 11 heavy (non-hydrogen) atoms. The van der Waals surface area contributed by atoms with Crippen molar-refractivity contribution in [2.45, 2.75) is 39.0 Å². The van der Waals surface area contributed by atoms with Gasteiger partial charge in [0.05, 0.1) is 0 Å². The molecule has 1 fully saturated rings. The normalized spacial score (nSPS) is 32.2. The molecule has 0 aromatic carbocycles. The third-order valence-electron chi connectivity index (χ3n) is 2.92. The molecule has 0 aliphatic heterocycles. The predicted octanol–water partition coefficient (Wildman–Crippen LogP) is 2.18. The Labute approximate surface area is 69.0 Å². The fourth-order valence-corrected chi connectivity index (χ4v) is 1.97. The van der Waals surface area contributed by atoms with Gasteiger partial charge in [-0.15, -0.1) is 0 Å².